The topological polar surface area (TPSA) is 0 Å². The minimum Gasteiger partial charge on any atom is -1.00 e. The molecule has 0 radical (unpaired) electrons. The predicted octanol–water partition coefficient (Wildman–Crippen LogP) is 3.38. The van der Waals surface area contributed by atoms with Gasteiger partial charge >= 0.3 is 57.5 Å². The quantitative estimate of drug-likeness (QED) is 0.229. The number of fused-ring (bicyclic) bond motifs is 2. The third-order valence-corrected chi connectivity index (χ3v) is 31.8. The van der Waals surface area contributed by atoms with Crippen LogP contribution in [0.3, 0.4) is 0 Å². The summed E-state index contributed by atoms with van der Waals surface area (Å²) in [6.45, 7) is 14.3. The molecule has 0 atom stereocenters. The van der Waals surface area contributed by atoms with E-state index in [0.717, 1.165) is 0 Å². The van der Waals surface area contributed by atoms with Crippen LogP contribution in [-0.4, -0.2) is 10.9 Å². The molecule has 4 aromatic rings. The van der Waals surface area contributed by atoms with Gasteiger partial charge in [0.25, 0.3) is 0 Å². The van der Waals surface area contributed by atoms with Crippen molar-refractivity contribution in [3.05, 3.63) is 83.9 Å². The molecule has 0 aliphatic rings. The van der Waals surface area contributed by atoms with Gasteiger partial charge in [0, 0.05) is 0 Å². The van der Waals surface area contributed by atoms with E-state index in [2.05, 4.69) is 113 Å². The van der Waals surface area contributed by atoms with E-state index in [1.54, 1.807) is 0 Å². The Bertz CT molecular complexity index is 1090. The molecule has 192 valence electrons. The standard InChI is InChI=1S/2C13H15.2C2H6Si.2ClH.Zr/c2*1-2-3-6-11-9-10-12-7-4-5-8-13(11)12;2*1-3-2;;;/h2*4-5,7-10H,2-3,6H2,1H3;2*1-2H3;2*1H;/q2*-1;;;;;/p-2. The maximum absolute atomic E-state index is 2.47. The maximum atomic E-state index is 2.47. The van der Waals surface area contributed by atoms with Gasteiger partial charge in [-0.25, -0.2) is 0 Å². The van der Waals surface area contributed by atoms with Crippen molar-refractivity contribution in [2.75, 3.05) is 0 Å². The molecule has 0 aliphatic carbocycles. The van der Waals surface area contributed by atoms with Crippen LogP contribution in [0.15, 0.2) is 72.8 Å². The minimum absolute atomic E-state index is 0. The largest absolute Gasteiger partial charge is 1.00 e. The molecule has 0 fully saturated rings. The first-order valence-electron chi connectivity index (χ1n) is 12.6. The molecule has 5 heteroatoms. The van der Waals surface area contributed by atoms with Crippen molar-refractivity contribution in [1.82, 2.24) is 0 Å². The smallest absolute Gasteiger partial charge is 1.00 e. The van der Waals surface area contributed by atoms with Gasteiger partial charge in [0.05, 0.1) is 0 Å². The Morgan fingerprint density at radius 2 is 1.00 bits per heavy atom. The molecule has 0 amide bonds. The van der Waals surface area contributed by atoms with Crippen molar-refractivity contribution in [1.29, 1.82) is 0 Å². The number of hydrogen-bond acceptors (Lipinski definition) is 0. The Hall–Kier alpha value is -0.443. The van der Waals surface area contributed by atoms with E-state index >= 15 is 0 Å². The second-order valence-corrected chi connectivity index (χ2v) is 34.5. The van der Waals surface area contributed by atoms with E-state index in [4.69, 9.17) is 0 Å². The second-order valence-electron chi connectivity index (χ2n) is 9.22. The van der Waals surface area contributed by atoms with Gasteiger partial charge in [0.15, 0.2) is 0 Å². The van der Waals surface area contributed by atoms with Crippen LogP contribution in [-0.2, 0) is 33.3 Å². The molecule has 0 spiro atoms. The molecule has 0 nitrogen and oxygen atoms in total. The van der Waals surface area contributed by atoms with Crippen LogP contribution in [0.5, 0.6) is 0 Å². The van der Waals surface area contributed by atoms with Crippen LogP contribution in [0.25, 0.3) is 21.5 Å². The summed E-state index contributed by atoms with van der Waals surface area (Å²) >= 11 is 0.243. The normalized spacial score (nSPS) is 9.54. The van der Waals surface area contributed by atoms with Crippen LogP contribution in [0, 0.1) is 0 Å². The van der Waals surface area contributed by atoms with Crippen molar-refractivity contribution in [3.63, 3.8) is 0 Å². The van der Waals surface area contributed by atoms with Gasteiger partial charge < -0.3 is 24.8 Å². The fourth-order valence-electron chi connectivity index (χ4n) is 4.10. The Labute approximate surface area is 238 Å². The summed E-state index contributed by atoms with van der Waals surface area (Å²) in [6.07, 6.45) is 7.61. The molecule has 0 bridgehead atoms. The van der Waals surface area contributed by atoms with Gasteiger partial charge in [0.2, 0.25) is 0 Å². The van der Waals surface area contributed by atoms with Crippen molar-refractivity contribution in [2.24, 2.45) is 0 Å². The van der Waals surface area contributed by atoms with Crippen molar-refractivity contribution in [2.45, 2.75) is 78.6 Å². The van der Waals surface area contributed by atoms with E-state index in [9.17, 15) is 0 Å². The van der Waals surface area contributed by atoms with E-state index < -0.39 is 0 Å². The number of halogens is 2. The monoisotopic (exact) mass is 618 g/mol. The molecular weight excluding hydrogens is 579 g/mol. The van der Waals surface area contributed by atoms with Crippen molar-refractivity contribution >= 4 is 32.4 Å². The van der Waals surface area contributed by atoms with Gasteiger partial charge in [0.1, 0.15) is 0 Å². The Morgan fingerprint density at radius 1 is 0.629 bits per heavy atom. The molecule has 4 rings (SSSR count). The zero-order valence-corrected chi connectivity index (χ0v) is 28.4. The molecule has 0 aromatic heterocycles. The molecule has 0 heterocycles. The summed E-state index contributed by atoms with van der Waals surface area (Å²) in [7, 11) is 0. The molecule has 0 aliphatic heterocycles. The summed E-state index contributed by atoms with van der Waals surface area (Å²) in [5.41, 5.74) is 3.59. The fourth-order valence-corrected chi connectivity index (χ4v) is 30.2. The first-order valence-corrected chi connectivity index (χ1v) is 25.0. The SMILES string of the molecule is CCCCc1c[cH-]c2ccccc12.CCCCc1c[cH-]c2ccccc12.C[Si](C)=[Zr]=[Si](C)C.[Cl-].[Cl-]. The molecule has 4 aromatic carbocycles. The Morgan fingerprint density at radius 3 is 1.31 bits per heavy atom. The summed E-state index contributed by atoms with van der Waals surface area (Å²) < 4.78 is 0. The van der Waals surface area contributed by atoms with Crippen LogP contribution in [0.1, 0.15) is 50.7 Å². The van der Waals surface area contributed by atoms with Crippen LogP contribution in [0.2, 0.25) is 26.2 Å². The Balaban J connectivity index is 0.000000506. The van der Waals surface area contributed by atoms with E-state index in [-0.39, 0.29) is 56.1 Å². The zero-order chi connectivity index (χ0) is 24.1. The third-order valence-electron chi connectivity index (χ3n) is 5.64. The van der Waals surface area contributed by atoms with E-state index in [1.807, 2.05) is 0 Å². The molecule has 35 heavy (non-hydrogen) atoms. The number of unbranched alkanes of at least 4 members (excludes halogenated alkanes) is 2. The average Bonchev–Trinajstić information content (AvgIpc) is 3.40. The van der Waals surface area contributed by atoms with Gasteiger partial charge in [-0.05, 0) is 0 Å². The summed E-state index contributed by atoms with van der Waals surface area (Å²) in [5, 5.41) is 5.65. The van der Waals surface area contributed by atoms with Crippen molar-refractivity contribution in [3.8, 4) is 0 Å². The predicted molar refractivity (Wildman–Crippen MR) is 151 cm³/mol. The van der Waals surface area contributed by atoms with Crippen molar-refractivity contribution < 1.29 is 45.3 Å². The molecule has 0 saturated heterocycles. The van der Waals surface area contributed by atoms with Gasteiger partial charge in [-0.3, -0.25) is 0 Å². The van der Waals surface area contributed by atoms with Gasteiger partial charge in [-0.1, -0.05) is 64.5 Å². The fraction of sp³-hybridized carbons (Fsp3) is 0.400. The summed E-state index contributed by atoms with van der Waals surface area (Å²) in [5.74, 6) is 0. The number of benzene rings is 2. The zero-order valence-electron chi connectivity index (χ0n) is 22.4. The third kappa shape index (κ3) is 12.6. The number of rotatable bonds is 6. The molecular formula is C30H42Cl2Si2Zr-4. The first-order chi connectivity index (χ1) is 16.0. The van der Waals surface area contributed by atoms with Crippen LogP contribution in [0.4, 0.5) is 0 Å². The van der Waals surface area contributed by atoms with E-state index in [0.29, 0.717) is 0 Å². The molecule has 0 N–H and O–H groups in total. The summed E-state index contributed by atoms with van der Waals surface area (Å²) in [4.78, 5) is 0. The first kappa shape index (κ1) is 34.6. The van der Waals surface area contributed by atoms with Gasteiger partial charge in [-0.2, -0.15) is 11.1 Å². The molecule has 0 saturated carbocycles. The van der Waals surface area contributed by atoms with Crippen LogP contribution < -0.4 is 24.8 Å². The minimum atomic E-state index is 0. The maximum Gasteiger partial charge on any atom is -1.00 e. The van der Waals surface area contributed by atoms with E-state index in [1.165, 1.54) is 71.2 Å². The number of hydrogen-bond donors (Lipinski definition) is 0. The van der Waals surface area contributed by atoms with Gasteiger partial charge in [-0.15, -0.1) is 82.2 Å². The second kappa shape index (κ2) is 19.6. The number of aryl methyl sites for hydroxylation is 2. The average molecular weight is 621 g/mol. The molecule has 0 unspecified atom stereocenters. The summed E-state index contributed by atoms with van der Waals surface area (Å²) in [6, 6.07) is 26.2. The Kier molecular flexibility index (Phi) is 19.4. The van der Waals surface area contributed by atoms with Crippen LogP contribution >= 0.6 is 0 Å².